The number of aliphatic hydroxyl groups is 1. The summed E-state index contributed by atoms with van der Waals surface area (Å²) in [7, 11) is 0. The van der Waals surface area contributed by atoms with Crippen LogP contribution in [-0.2, 0) is 4.79 Å². The van der Waals surface area contributed by atoms with Gasteiger partial charge in [0.15, 0.2) is 0 Å². The summed E-state index contributed by atoms with van der Waals surface area (Å²) >= 11 is 0. The minimum absolute atomic E-state index is 0.0589. The van der Waals surface area contributed by atoms with E-state index in [4.69, 9.17) is 0 Å². The van der Waals surface area contributed by atoms with E-state index in [1.807, 2.05) is 0 Å². The molecule has 3 saturated carbocycles. The number of aliphatic carboxylic acids is 1. The molecule has 0 saturated heterocycles. The summed E-state index contributed by atoms with van der Waals surface area (Å²) in [5.41, 5.74) is 1.16. The molecule has 6 atom stereocenters. The van der Waals surface area contributed by atoms with Gasteiger partial charge in [0.05, 0.1) is 0 Å². The summed E-state index contributed by atoms with van der Waals surface area (Å²) in [5.74, 6) is 0.789. The summed E-state index contributed by atoms with van der Waals surface area (Å²) in [6.45, 7) is 5.04. The third-order valence-electron chi connectivity index (χ3n) is 8.41. The second kappa shape index (κ2) is 4.84. The van der Waals surface area contributed by atoms with Crippen molar-refractivity contribution in [2.45, 2.75) is 65.2 Å². The Kier molecular flexibility index (Phi) is 3.30. The Morgan fingerprint density at radius 2 is 1.96 bits per heavy atom. The molecule has 2 bridgehead atoms. The Hall–Kier alpha value is -0.830. The molecule has 0 radical (unpaired) electrons. The Morgan fingerprint density at radius 1 is 1.17 bits per heavy atom. The molecule has 0 aromatic carbocycles. The second-order valence-corrected chi connectivity index (χ2v) is 9.43. The van der Waals surface area contributed by atoms with Crippen molar-refractivity contribution < 1.29 is 15.0 Å². The van der Waals surface area contributed by atoms with Gasteiger partial charge in [-0.1, -0.05) is 26.3 Å². The van der Waals surface area contributed by atoms with Crippen LogP contribution in [0.25, 0.3) is 0 Å². The summed E-state index contributed by atoms with van der Waals surface area (Å²) in [6, 6.07) is 0. The van der Waals surface area contributed by atoms with Gasteiger partial charge in [-0.3, -0.25) is 0 Å². The second-order valence-electron chi connectivity index (χ2n) is 9.43. The van der Waals surface area contributed by atoms with Crippen molar-refractivity contribution in [1.29, 1.82) is 0 Å². The van der Waals surface area contributed by atoms with E-state index in [-0.39, 0.29) is 22.2 Å². The third kappa shape index (κ3) is 1.95. The molecule has 0 heterocycles. The molecular formula is C20H30O3. The number of carboxylic acid groups (broad SMARTS) is 1. The highest BCUT2D eigenvalue weighted by atomic mass is 16.4. The van der Waals surface area contributed by atoms with E-state index in [0.717, 1.165) is 32.1 Å². The molecule has 3 fully saturated rings. The lowest BCUT2D eigenvalue weighted by Crippen LogP contribution is -2.57. The maximum Gasteiger partial charge on any atom is 0.331 e. The highest BCUT2D eigenvalue weighted by molar-refractivity contribution is 5.88. The van der Waals surface area contributed by atoms with Crippen molar-refractivity contribution in [3.05, 3.63) is 11.6 Å². The number of allylic oxidation sites excluding steroid dienone is 1. The number of carboxylic acids is 1. The van der Waals surface area contributed by atoms with Crippen LogP contribution in [-0.4, -0.2) is 22.8 Å². The normalized spacial score (nSPS) is 51.6. The lowest BCUT2D eigenvalue weighted by molar-refractivity contribution is -0.149. The van der Waals surface area contributed by atoms with Crippen LogP contribution in [0.2, 0.25) is 0 Å². The molecule has 0 aromatic rings. The number of carbonyl (C=O) groups is 1. The van der Waals surface area contributed by atoms with Gasteiger partial charge in [-0.25, -0.2) is 4.79 Å². The van der Waals surface area contributed by atoms with Gasteiger partial charge in [0.1, 0.15) is 0 Å². The Labute approximate surface area is 139 Å². The van der Waals surface area contributed by atoms with Crippen LogP contribution in [0, 0.1) is 34.0 Å². The molecule has 23 heavy (non-hydrogen) atoms. The van der Waals surface area contributed by atoms with E-state index in [2.05, 4.69) is 19.9 Å². The minimum atomic E-state index is -0.691. The van der Waals surface area contributed by atoms with Gasteiger partial charge in [-0.15, -0.1) is 0 Å². The zero-order valence-electron chi connectivity index (χ0n) is 14.5. The largest absolute Gasteiger partial charge is 0.478 e. The number of aliphatic hydroxyl groups excluding tert-OH is 1. The average molecular weight is 318 g/mol. The molecule has 0 unspecified atom stereocenters. The van der Waals surface area contributed by atoms with Crippen LogP contribution in [0.5, 0.6) is 0 Å². The monoisotopic (exact) mass is 318 g/mol. The smallest absolute Gasteiger partial charge is 0.331 e. The van der Waals surface area contributed by atoms with Gasteiger partial charge in [0.2, 0.25) is 0 Å². The van der Waals surface area contributed by atoms with E-state index >= 15 is 0 Å². The highest BCUT2D eigenvalue weighted by Crippen LogP contribution is 2.70. The lowest BCUT2D eigenvalue weighted by atomic mass is 9.41. The van der Waals surface area contributed by atoms with Crippen LogP contribution in [0.1, 0.15) is 65.2 Å². The van der Waals surface area contributed by atoms with Gasteiger partial charge < -0.3 is 10.2 Å². The van der Waals surface area contributed by atoms with Crippen LogP contribution >= 0.6 is 0 Å². The van der Waals surface area contributed by atoms with Gasteiger partial charge in [0.25, 0.3) is 0 Å². The van der Waals surface area contributed by atoms with Crippen molar-refractivity contribution in [2.75, 3.05) is 6.61 Å². The molecule has 3 nitrogen and oxygen atoms in total. The minimum Gasteiger partial charge on any atom is -0.478 e. The topological polar surface area (TPSA) is 57.5 Å². The maximum absolute atomic E-state index is 11.6. The van der Waals surface area contributed by atoms with Gasteiger partial charge in [-0.05, 0) is 78.9 Å². The Morgan fingerprint density at radius 3 is 2.65 bits per heavy atom. The molecule has 0 aromatic heterocycles. The van der Waals surface area contributed by atoms with E-state index in [1.54, 1.807) is 0 Å². The standard InChI is InChI=1S/C20H30O3/c1-18(12-21)7-3-8-19(2)15(18)6-9-20-10-13(4-5-16(19)20)14(11-20)17(22)23/h11,13,15-16,21H,3-10,12H2,1-2H3,(H,22,23)/t13-,15+,16-,18-,19+,20-/m1/s1. The van der Waals surface area contributed by atoms with Crippen molar-refractivity contribution in [3.63, 3.8) is 0 Å². The zero-order valence-corrected chi connectivity index (χ0v) is 14.5. The van der Waals surface area contributed by atoms with Crippen molar-refractivity contribution in [3.8, 4) is 0 Å². The number of hydrogen-bond acceptors (Lipinski definition) is 2. The van der Waals surface area contributed by atoms with Gasteiger partial charge in [0, 0.05) is 12.2 Å². The molecule has 0 amide bonds. The SMILES string of the molecule is C[C@]1(CO)CCC[C@@]2(C)[C@H]1CC[C@@]13C=C(C(=O)O)[C@H](CC[C@@H]12)C3. The molecule has 4 aliphatic rings. The van der Waals surface area contributed by atoms with E-state index < -0.39 is 5.97 Å². The first-order valence-corrected chi connectivity index (χ1v) is 9.42. The third-order valence-corrected chi connectivity index (χ3v) is 8.41. The van der Waals surface area contributed by atoms with Gasteiger partial charge >= 0.3 is 5.97 Å². The Balaban J connectivity index is 1.75. The van der Waals surface area contributed by atoms with E-state index in [9.17, 15) is 15.0 Å². The molecule has 1 spiro atoms. The fourth-order valence-electron chi connectivity index (χ4n) is 7.50. The zero-order chi connectivity index (χ0) is 16.5. The summed E-state index contributed by atoms with van der Waals surface area (Å²) < 4.78 is 0. The number of hydrogen-bond donors (Lipinski definition) is 2. The molecular weight excluding hydrogens is 288 g/mol. The van der Waals surface area contributed by atoms with E-state index in [0.29, 0.717) is 24.0 Å². The van der Waals surface area contributed by atoms with E-state index in [1.165, 1.54) is 19.3 Å². The molecule has 4 rings (SSSR count). The maximum atomic E-state index is 11.6. The quantitative estimate of drug-likeness (QED) is 0.808. The van der Waals surface area contributed by atoms with Crippen molar-refractivity contribution in [2.24, 2.45) is 34.0 Å². The average Bonchev–Trinajstić information content (AvgIpc) is 2.78. The highest BCUT2D eigenvalue weighted by Gasteiger charge is 2.63. The first-order valence-electron chi connectivity index (χ1n) is 9.42. The molecule has 3 heteroatoms. The fourth-order valence-corrected chi connectivity index (χ4v) is 7.50. The first kappa shape index (κ1) is 15.7. The summed E-state index contributed by atoms with van der Waals surface area (Å²) in [4.78, 5) is 11.6. The lowest BCUT2D eigenvalue weighted by Gasteiger charge is -2.64. The fraction of sp³-hybridized carbons (Fsp3) is 0.850. The Bertz CT molecular complexity index is 567. The van der Waals surface area contributed by atoms with Crippen molar-refractivity contribution in [1.82, 2.24) is 0 Å². The van der Waals surface area contributed by atoms with Gasteiger partial charge in [-0.2, -0.15) is 0 Å². The summed E-state index contributed by atoms with van der Waals surface area (Å²) in [6.07, 6.45) is 11.3. The number of fused-ring (bicyclic) bond motifs is 3. The molecule has 2 N–H and O–H groups in total. The van der Waals surface area contributed by atoms with Crippen LogP contribution in [0.3, 0.4) is 0 Å². The molecule has 4 aliphatic carbocycles. The molecule has 128 valence electrons. The molecule has 0 aliphatic heterocycles. The predicted octanol–water partition coefficient (Wildman–Crippen LogP) is 4.01. The number of rotatable bonds is 2. The summed E-state index contributed by atoms with van der Waals surface area (Å²) in [5, 5.41) is 19.6. The predicted molar refractivity (Wildman–Crippen MR) is 88.9 cm³/mol. The van der Waals surface area contributed by atoms with Crippen molar-refractivity contribution >= 4 is 5.97 Å². The van der Waals surface area contributed by atoms with Crippen LogP contribution < -0.4 is 0 Å². The van der Waals surface area contributed by atoms with Crippen LogP contribution in [0.4, 0.5) is 0 Å². The van der Waals surface area contributed by atoms with Crippen LogP contribution in [0.15, 0.2) is 11.6 Å². The first-order chi connectivity index (χ1) is 10.8.